The number of hydrogen-bond donors (Lipinski definition) is 1. The van der Waals surface area contributed by atoms with Crippen LogP contribution in [-0.4, -0.2) is 76.8 Å². The van der Waals surface area contributed by atoms with Crippen molar-refractivity contribution in [2.24, 2.45) is 0 Å². The Balaban J connectivity index is 1.93. The molecule has 2 aliphatic heterocycles. The van der Waals surface area contributed by atoms with E-state index in [1.165, 1.54) is 0 Å². The van der Waals surface area contributed by atoms with E-state index in [0.717, 1.165) is 25.3 Å². The van der Waals surface area contributed by atoms with Crippen molar-refractivity contribution in [3.63, 3.8) is 0 Å². The second kappa shape index (κ2) is 6.47. The highest BCUT2D eigenvalue weighted by atomic mass is 32.2. The summed E-state index contributed by atoms with van der Waals surface area (Å²) in [5.74, 6) is -0.0464. The van der Waals surface area contributed by atoms with Crippen molar-refractivity contribution in [3.05, 3.63) is 0 Å². The minimum absolute atomic E-state index is 0.0479. The summed E-state index contributed by atoms with van der Waals surface area (Å²) in [7, 11) is 0. The van der Waals surface area contributed by atoms with Crippen LogP contribution in [0.5, 0.6) is 0 Å². The number of rotatable bonds is 2. The SMILES string of the molecule is CCC1CN(C(=O)N2CCOC(C(=O)O)C2)CCS1. The van der Waals surface area contributed by atoms with Gasteiger partial charge < -0.3 is 19.6 Å². The van der Waals surface area contributed by atoms with Crippen molar-refractivity contribution in [2.75, 3.05) is 38.5 Å². The quantitative estimate of drug-likeness (QED) is 0.811. The van der Waals surface area contributed by atoms with Crippen LogP contribution in [0.25, 0.3) is 0 Å². The Morgan fingerprint density at radius 1 is 1.32 bits per heavy atom. The highest BCUT2D eigenvalue weighted by Gasteiger charge is 2.32. The fourth-order valence-corrected chi connectivity index (χ4v) is 3.49. The van der Waals surface area contributed by atoms with Gasteiger partial charge in [-0.1, -0.05) is 6.92 Å². The Hall–Kier alpha value is -0.950. The molecule has 0 radical (unpaired) electrons. The van der Waals surface area contributed by atoms with Crippen LogP contribution in [0.3, 0.4) is 0 Å². The van der Waals surface area contributed by atoms with E-state index in [1.54, 1.807) is 4.90 Å². The van der Waals surface area contributed by atoms with E-state index in [-0.39, 0.29) is 12.6 Å². The van der Waals surface area contributed by atoms with Crippen molar-refractivity contribution in [3.8, 4) is 0 Å². The largest absolute Gasteiger partial charge is 0.479 e. The van der Waals surface area contributed by atoms with Gasteiger partial charge in [-0.2, -0.15) is 11.8 Å². The molecule has 2 heterocycles. The van der Waals surface area contributed by atoms with E-state index in [9.17, 15) is 9.59 Å². The highest BCUT2D eigenvalue weighted by Crippen LogP contribution is 2.22. The van der Waals surface area contributed by atoms with Crippen LogP contribution in [0.4, 0.5) is 4.79 Å². The molecule has 2 amide bonds. The number of morpholine rings is 1. The van der Waals surface area contributed by atoms with Crippen LogP contribution in [-0.2, 0) is 9.53 Å². The Kier molecular flexibility index (Phi) is 4.93. The van der Waals surface area contributed by atoms with Crippen LogP contribution < -0.4 is 0 Å². The molecule has 2 unspecified atom stereocenters. The number of urea groups is 1. The first-order valence-corrected chi connectivity index (χ1v) is 7.66. The van der Waals surface area contributed by atoms with Gasteiger partial charge in [-0.3, -0.25) is 0 Å². The fraction of sp³-hybridized carbons (Fsp3) is 0.833. The van der Waals surface area contributed by atoms with Crippen molar-refractivity contribution < 1.29 is 19.4 Å². The molecule has 2 atom stereocenters. The van der Waals surface area contributed by atoms with E-state index < -0.39 is 12.1 Å². The van der Waals surface area contributed by atoms with E-state index in [1.807, 2.05) is 16.7 Å². The summed E-state index contributed by atoms with van der Waals surface area (Å²) in [5, 5.41) is 9.44. The summed E-state index contributed by atoms with van der Waals surface area (Å²) in [5.41, 5.74) is 0. The lowest BCUT2D eigenvalue weighted by Crippen LogP contribution is -2.55. The molecule has 0 aromatic heterocycles. The lowest BCUT2D eigenvalue weighted by atomic mass is 10.2. The van der Waals surface area contributed by atoms with Crippen LogP contribution in [0.2, 0.25) is 0 Å². The van der Waals surface area contributed by atoms with Gasteiger partial charge in [0.25, 0.3) is 0 Å². The Morgan fingerprint density at radius 3 is 2.74 bits per heavy atom. The summed E-state index contributed by atoms with van der Waals surface area (Å²) in [6, 6.07) is -0.0479. The smallest absolute Gasteiger partial charge is 0.334 e. The Labute approximate surface area is 117 Å². The molecule has 2 rings (SSSR count). The molecule has 2 aliphatic rings. The molecule has 7 heteroatoms. The second-order valence-corrected chi connectivity index (χ2v) is 6.18. The van der Waals surface area contributed by atoms with Crippen LogP contribution in [0, 0.1) is 0 Å². The third kappa shape index (κ3) is 3.54. The predicted molar refractivity (Wildman–Crippen MR) is 72.5 cm³/mol. The monoisotopic (exact) mass is 288 g/mol. The van der Waals surface area contributed by atoms with Gasteiger partial charge in [-0.15, -0.1) is 0 Å². The van der Waals surface area contributed by atoms with Gasteiger partial charge in [-0.25, -0.2) is 9.59 Å². The molecule has 0 aromatic rings. The first kappa shape index (κ1) is 14.5. The second-order valence-electron chi connectivity index (χ2n) is 4.77. The minimum Gasteiger partial charge on any atom is -0.479 e. The zero-order valence-electron chi connectivity index (χ0n) is 11.1. The first-order chi connectivity index (χ1) is 9.11. The number of carboxylic acid groups (broad SMARTS) is 1. The molecule has 2 fully saturated rings. The number of ether oxygens (including phenoxy) is 1. The highest BCUT2D eigenvalue weighted by molar-refractivity contribution is 8.00. The number of aliphatic carboxylic acids is 1. The lowest BCUT2D eigenvalue weighted by Gasteiger charge is -2.38. The minimum atomic E-state index is -1.00. The van der Waals surface area contributed by atoms with Crippen molar-refractivity contribution in [1.82, 2.24) is 9.80 Å². The maximum Gasteiger partial charge on any atom is 0.334 e. The van der Waals surface area contributed by atoms with E-state index >= 15 is 0 Å². The number of carbonyl (C=O) groups is 2. The molecule has 2 saturated heterocycles. The number of nitrogens with zero attached hydrogens (tertiary/aromatic N) is 2. The van der Waals surface area contributed by atoms with E-state index in [2.05, 4.69) is 6.92 Å². The lowest BCUT2D eigenvalue weighted by molar-refractivity contribution is -0.154. The molecule has 0 saturated carbocycles. The molecule has 108 valence electrons. The average molecular weight is 288 g/mol. The molecular weight excluding hydrogens is 268 g/mol. The van der Waals surface area contributed by atoms with Gasteiger partial charge in [0.15, 0.2) is 6.10 Å². The first-order valence-electron chi connectivity index (χ1n) is 6.61. The summed E-state index contributed by atoms with van der Waals surface area (Å²) in [6.07, 6.45) is 0.161. The van der Waals surface area contributed by atoms with Gasteiger partial charge >= 0.3 is 12.0 Å². The maximum absolute atomic E-state index is 12.4. The molecule has 0 aromatic carbocycles. The summed E-state index contributed by atoms with van der Waals surface area (Å²) >= 11 is 1.91. The molecule has 0 spiro atoms. The summed E-state index contributed by atoms with van der Waals surface area (Å²) in [6.45, 7) is 4.55. The van der Waals surface area contributed by atoms with Crippen molar-refractivity contribution >= 4 is 23.8 Å². The third-order valence-electron chi connectivity index (χ3n) is 3.48. The molecule has 0 aliphatic carbocycles. The van der Waals surface area contributed by atoms with Gasteiger partial charge in [0.2, 0.25) is 0 Å². The summed E-state index contributed by atoms with van der Waals surface area (Å²) in [4.78, 5) is 26.7. The number of thioether (sulfide) groups is 1. The summed E-state index contributed by atoms with van der Waals surface area (Å²) < 4.78 is 5.13. The van der Waals surface area contributed by atoms with Crippen molar-refractivity contribution in [2.45, 2.75) is 24.7 Å². The van der Waals surface area contributed by atoms with Crippen LogP contribution >= 0.6 is 11.8 Å². The standard InChI is InChI=1S/C12H20N2O4S/c1-2-9-7-14(4-6-19-9)12(17)13-3-5-18-10(8-13)11(15)16/h9-10H,2-8H2,1H3,(H,15,16). The van der Waals surface area contributed by atoms with Crippen molar-refractivity contribution in [1.29, 1.82) is 0 Å². The molecule has 0 bridgehead atoms. The Morgan fingerprint density at radius 2 is 2.05 bits per heavy atom. The topological polar surface area (TPSA) is 70.1 Å². The zero-order chi connectivity index (χ0) is 13.8. The van der Waals surface area contributed by atoms with Crippen LogP contribution in [0.1, 0.15) is 13.3 Å². The average Bonchev–Trinajstić information content (AvgIpc) is 2.46. The molecule has 6 nitrogen and oxygen atoms in total. The number of carboxylic acids is 1. The van der Waals surface area contributed by atoms with Gasteiger partial charge in [-0.05, 0) is 6.42 Å². The van der Waals surface area contributed by atoms with Gasteiger partial charge in [0.1, 0.15) is 0 Å². The predicted octanol–water partition coefficient (Wildman–Crippen LogP) is 0.719. The zero-order valence-corrected chi connectivity index (χ0v) is 11.9. The molecule has 19 heavy (non-hydrogen) atoms. The normalized spacial score (nSPS) is 28.3. The number of amides is 2. The van der Waals surface area contributed by atoms with E-state index in [0.29, 0.717) is 18.4 Å². The van der Waals surface area contributed by atoms with Gasteiger partial charge in [0, 0.05) is 30.6 Å². The molecule has 1 N–H and O–H groups in total. The molecular formula is C12H20N2O4S. The Bertz CT molecular complexity index is 353. The maximum atomic E-state index is 12.4. The number of hydrogen-bond acceptors (Lipinski definition) is 4. The van der Waals surface area contributed by atoms with E-state index in [4.69, 9.17) is 9.84 Å². The third-order valence-corrected chi connectivity index (χ3v) is 4.85. The van der Waals surface area contributed by atoms with Gasteiger partial charge in [0.05, 0.1) is 13.2 Å². The van der Waals surface area contributed by atoms with Crippen LogP contribution in [0.15, 0.2) is 0 Å². The number of carbonyl (C=O) groups excluding carboxylic acids is 1. The fourth-order valence-electron chi connectivity index (χ4n) is 2.31.